The summed E-state index contributed by atoms with van der Waals surface area (Å²) >= 11 is 0. The topological polar surface area (TPSA) is 107 Å². The van der Waals surface area contributed by atoms with Gasteiger partial charge in [0.2, 0.25) is 0 Å². The first-order valence-corrected chi connectivity index (χ1v) is 4.09. The Hall–Kier alpha value is -0.690. The van der Waals surface area contributed by atoms with Crippen molar-refractivity contribution in [3.05, 3.63) is 0 Å². The first-order valence-electron chi connectivity index (χ1n) is 4.80. The Kier molecular flexibility index (Phi) is 4.27. The molecule has 6 heteroatoms. The summed E-state index contributed by atoms with van der Waals surface area (Å²) in [5.74, 6) is -1.19. The summed E-state index contributed by atoms with van der Waals surface area (Å²) in [6.45, 7) is -0.229. The largest absolute Gasteiger partial charge is 0.464 e. The van der Waals surface area contributed by atoms with Crippen LogP contribution in [0, 0.1) is 0 Å². The second-order valence-corrected chi connectivity index (χ2v) is 2.84. The number of aliphatic hydroxyl groups is 4. The lowest BCUT2D eigenvalue weighted by molar-refractivity contribution is -0.185. The lowest BCUT2D eigenvalue weighted by atomic mass is 9.95. The van der Waals surface area contributed by atoms with Gasteiger partial charge in [-0.15, -0.1) is 0 Å². The molecule has 0 fully saturated rings. The van der Waals surface area contributed by atoms with Gasteiger partial charge in [0.05, 0.1) is 13.2 Å². The minimum Gasteiger partial charge on any atom is -0.464 e. The maximum atomic E-state index is 11.2. The molecule has 6 nitrogen and oxygen atoms in total. The van der Waals surface area contributed by atoms with Crippen molar-refractivity contribution in [2.75, 3.05) is 13.2 Å². The Morgan fingerprint density at radius 3 is 2.57 bits per heavy atom. The molecule has 0 amide bonds. The smallest absolute Gasteiger partial charge is 0.340 e. The van der Waals surface area contributed by atoms with E-state index in [1.54, 1.807) is 0 Å². The zero-order valence-corrected chi connectivity index (χ0v) is 7.88. The molecule has 4 N–H and O–H groups in total. The number of aliphatic hydroxyl groups excluding tert-OH is 3. The zero-order chi connectivity index (χ0) is 12.1. The molecule has 0 aliphatic carbocycles. The first kappa shape index (κ1) is 11.4. The predicted molar refractivity (Wildman–Crippen MR) is 46.4 cm³/mol. The van der Waals surface area contributed by atoms with Gasteiger partial charge >= 0.3 is 5.97 Å². The summed E-state index contributed by atoms with van der Waals surface area (Å²) in [5.41, 5.74) is -2.52. The van der Waals surface area contributed by atoms with Crippen molar-refractivity contribution in [2.45, 2.75) is 31.6 Å². The second kappa shape index (κ2) is 5.26. The second-order valence-electron chi connectivity index (χ2n) is 2.84. The monoisotopic (exact) mass is 209 g/mol. The highest BCUT2D eigenvalue weighted by molar-refractivity contribution is 5.79. The summed E-state index contributed by atoms with van der Waals surface area (Å²) in [7, 11) is 0. The molecule has 0 rings (SSSR count). The van der Waals surface area contributed by atoms with Gasteiger partial charge in [0.15, 0.2) is 5.60 Å². The van der Waals surface area contributed by atoms with E-state index >= 15 is 0 Å². The van der Waals surface area contributed by atoms with Crippen LogP contribution >= 0.6 is 0 Å². The highest BCUT2D eigenvalue weighted by Gasteiger charge is 2.43. The minimum atomic E-state index is -2.52. The third-order valence-electron chi connectivity index (χ3n) is 1.67. The molecule has 0 aromatic rings. The average Bonchev–Trinajstić information content (AvgIpc) is 2.26. The number of esters is 1. The number of carbonyl (C=O) groups is 1. The maximum absolute atomic E-state index is 11.2. The summed E-state index contributed by atoms with van der Waals surface area (Å²) in [6.07, 6.45) is -3.66. The van der Waals surface area contributed by atoms with Gasteiger partial charge in [0.1, 0.15) is 12.2 Å². The first-order chi connectivity index (χ1) is 6.93. The zero-order valence-electron chi connectivity index (χ0n) is 8.88. The molecule has 0 bridgehead atoms. The molecule has 0 unspecified atom stereocenters. The van der Waals surface area contributed by atoms with Gasteiger partial charge in [0.25, 0.3) is 0 Å². The van der Waals surface area contributed by atoms with Gasteiger partial charge in [0, 0.05) is 1.37 Å². The summed E-state index contributed by atoms with van der Waals surface area (Å²) in [6, 6.07) is 0. The Labute approximate surface area is 83.2 Å². The molecule has 14 heavy (non-hydrogen) atoms. The summed E-state index contributed by atoms with van der Waals surface area (Å²) < 4.78 is 11.4. The Morgan fingerprint density at radius 2 is 2.21 bits per heavy atom. The maximum Gasteiger partial charge on any atom is 0.340 e. The molecule has 0 aliphatic rings. The van der Waals surface area contributed by atoms with Gasteiger partial charge in [-0.05, 0) is 13.8 Å². The number of hydrogen-bond donors (Lipinski definition) is 4. The molecule has 0 heterocycles. The van der Waals surface area contributed by atoms with Gasteiger partial charge < -0.3 is 25.2 Å². The predicted octanol–water partition coefficient (Wildman–Crippen LogP) is -1.99. The van der Waals surface area contributed by atoms with E-state index < -0.39 is 37.3 Å². The van der Waals surface area contributed by atoms with E-state index in [1.165, 1.54) is 6.92 Å². The van der Waals surface area contributed by atoms with E-state index in [2.05, 4.69) is 4.74 Å². The van der Waals surface area contributed by atoms with Crippen molar-refractivity contribution in [1.82, 2.24) is 0 Å². The fraction of sp³-hybridized carbons (Fsp3) is 0.875. The fourth-order valence-electron chi connectivity index (χ4n) is 0.795. The van der Waals surface area contributed by atoms with Crippen LogP contribution in [0.2, 0.25) is 0 Å². The number of ether oxygens (including phenoxy) is 1. The van der Waals surface area contributed by atoms with Crippen molar-refractivity contribution in [2.24, 2.45) is 0 Å². The van der Waals surface area contributed by atoms with E-state index in [1.807, 2.05) is 0 Å². The molecule has 3 atom stereocenters. The van der Waals surface area contributed by atoms with Crippen LogP contribution in [0.1, 0.15) is 15.2 Å². The molecule has 0 spiro atoms. The normalized spacial score (nSPS) is 20.5. The molecule has 0 saturated heterocycles. The Balaban J connectivity index is 4.74. The van der Waals surface area contributed by atoms with Gasteiger partial charge in [-0.3, -0.25) is 0 Å². The number of rotatable bonds is 5. The van der Waals surface area contributed by atoms with E-state index in [-0.39, 0.29) is 6.61 Å². The molecular formula is C8H16O6. The summed E-state index contributed by atoms with van der Waals surface area (Å²) in [5, 5.41) is 36.6. The van der Waals surface area contributed by atoms with Crippen molar-refractivity contribution >= 4 is 5.97 Å². The van der Waals surface area contributed by atoms with E-state index in [4.69, 9.17) is 11.6 Å². The SMILES string of the molecule is [2H]C[C@](O)(C(=O)OCC)[C@H](O)[C@H](O)CO. The van der Waals surface area contributed by atoms with Crippen LogP contribution in [-0.4, -0.2) is 57.4 Å². The van der Waals surface area contributed by atoms with Crippen molar-refractivity contribution in [3.8, 4) is 0 Å². The van der Waals surface area contributed by atoms with E-state index in [9.17, 15) is 15.0 Å². The molecular weight excluding hydrogens is 192 g/mol. The lowest BCUT2D eigenvalue weighted by Gasteiger charge is -2.29. The Morgan fingerprint density at radius 1 is 1.64 bits per heavy atom. The molecule has 0 radical (unpaired) electrons. The third kappa shape index (κ3) is 2.91. The van der Waals surface area contributed by atoms with Crippen molar-refractivity contribution in [1.29, 1.82) is 0 Å². The van der Waals surface area contributed by atoms with Crippen LogP contribution in [0.4, 0.5) is 0 Å². The van der Waals surface area contributed by atoms with Crippen molar-refractivity contribution < 1.29 is 31.3 Å². The standard InChI is InChI=1S/C8H16O6/c1-3-14-7(12)8(2,13)6(11)5(10)4-9/h5-6,9-11,13H,3-4H2,1-2H3/t5-,6-,8-/m1/s1/i2D. The fourth-order valence-corrected chi connectivity index (χ4v) is 0.795. The lowest BCUT2D eigenvalue weighted by Crippen LogP contribution is -2.54. The molecule has 0 aromatic heterocycles. The minimum absolute atomic E-state index is 0.0247. The van der Waals surface area contributed by atoms with Crippen LogP contribution in [0.25, 0.3) is 0 Å². The van der Waals surface area contributed by atoms with Crippen LogP contribution in [0.5, 0.6) is 0 Å². The van der Waals surface area contributed by atoms with E-state index in [0.29, 0.717) is 0 Å². The van der Waals surface area contributed by atoms with Gasteiger partial charge in [-0.2, -0.15) is 0 Å². The molecule has 0 saturated carbocycles. The van der Waals surface area contributed by atoms with Gasteiger partial charge in [-0.25, -0.2) is 4.79 Å². The third-order valence-corrected chi connectivity index (χ3v) is 1.67. The van der Waals surface area contributed by atoms with Crippen LogP contribution < -0.4 is 0 Å². The van der Waals surface area contributed by atoms with Crippen molar-refractivity contribution in [3.63, 3.8) is 0 Å². The molecule has 84 valence electrons. The number of hydrogen-bond acceptors (Lipinski definition) is 6. The van der Waals surface area contributed by atoms with Crippen LogP contribution in [-0.2, 0) is 9.53 Å². The highest BCUT2D eigenvalue weighted by atomic mass is 16.6. The van der Waals surface area contributed by atoms with Crippen LogP contribution in [0.3, 0.4) is 0 Å². The highest BCUT2D eigenvalue weighted by Crippen LogP contribution is 2.15. The quantitative estimate of drug-likeness (QED) is 0.391. The van der Waals surface area contributed by atoms with Crippen LogP contribution in [0.15, 0.2) is 0 Å². The van der Waals surface area contributed by atoms with E-state index in [0.717, 1.165) is 0 Å². The average molecular weight is 209 g/mol. The molecule has 0 aromatic carbocycles. The molecule has 0 aliphatic heterocycles. The number of carbonyl (C=O) groups excluding carboxylic acids is 1. The summed E-state index contributed by atoms with van der Waals surface area (Å²) in [4.78, 5) is 11.2. The van der Waals surface area contributed by atoms with Gasteiger partial charge in [-0.1, -0.05) is 0 Å². The Bertz CT molecular complexity index is 211.